The van der Waals surface area contributed by atoms with Gasteiger partial charge in [0.1, 0.15) is 17.5 Å². The van der Waals surface area contributed by atoms with Crippen LogP contribution >= 0.6 is 0 Å². The van der Waals surface area contributed by atoms with E-state index in [4.69, 9.17) is 10.5 Å². The molecule has 0 amide bonds. The van der Waals surface area contributed by atoms with E-state index in [9.17, 15) is 0 Å². The number of nitrogen functional groups attached to an aromatic ring is 1. The van der Waals surface area contributed by atoms with Crippen LogP contribution < -0.4 is 15.4 Å². The molecule has 1 aromatic carbocycles. The lowest BCUT2D eigenvalue weighted by Crippen LogP contribution is -2.40. The number of para-hydroxylation sites is 1. The lowest BCUT2D eigenvalue weighted by atomic mass is 10.1. The van der Waals surface area contributed by atoms with Crippen LogP contribution in [0.3, 0.4) is 0 Å². The molecule has 1 unspecified atom stereocenters. The second-order valence-corrected chi connectivity index (χ2v) is 5.35. The van der Waals surface area contributed by atoms with Gasteiger partial charge in [-0.25, -0.2) is 0 Å². The SMILES string of the molecule is CCCCCCN1CC(CC)Oc2cccc(N)c21. The molecule has 1 aliphatic rings. The molecule has 0 fully saturated rings. The highest BCUT2D eigenvalue weighted by Gasteiger charge is 2.25. The summed E-state index contributed by atoms with van der Waals surface area (Å²) in [6.07, 6.45) is 6.46. The number of anilines is 2. The first-order valence-corrected chi connectivity index (χ1v) is 7.56. The van der Waals surface area contributed by atoms with E-state index in [-0.39, 0.29) is 0 Å². The van der Waals surface area contributed by atoms with Crippen molar-refractivity contribution >= 4 is 11.4 Å². The summed E-state index contributed by atoms with van der Waals surface area (Å²) in [5.74, 6) is 0.952. The molecule has 0 aliphatic carbocycles. The van der Waals surface area contributed by atoms with Gasteiger partial charge in [-0.1, -0.05) is 39.2 Å². The van der Waals surface area contributed by atoms with Gasteiger partial charge < -0.3 is 15.4 Å². The fourth-order valence-electron chi connectivity index (χ4n) is 2.67. The van der Waals surface area contributed by atoms with Gasteiger partial charge in [0.15, 0.2) is 0 Å². The highest BCUT2D eigenvalue weighted by molar-refractivity contribution is 5.75. The Morgan fingerprint density at radius 2 is 2.11 bits per heavy atom. The van der Waals surface area contributed by atoms with Gasteiger partial charge in [0.2, 0.25) is 0 Å². The molecule has 0 saturated heterocycles. The van der Waals surface area contributed by atoms with Crippen LogP contribution in [-0.4, -0.2) is 19.2 Å². The van der Waals surface area contributed by atoms with Gasteiger partial charge in [0.25, 0.3) is 0 Å². The number of hydrogen-bond donors (Lipinski definition) is 1. The van der Waals surface area contributed by atoms with E-state index in [1.165, 1.54) is 25.7 Å². The first-order chi connectivity index (χ1) is 9.26. The maximum Gasteiger partial charge on any atom is 0.145 e. The maximum absolute atomic E-state index is 6.13. The van der Waals surface area contributed by atoms with Crippen LogP contribution in [0, 0.1) is 0 Å². The zero-order valence-corrected chi connectivity index (χ0v) is 12.2. The average Bonchev–Trinajstić information content (AvgIpc) is 2.43. The zero-order valence-electron chi connectivity index (χ0n) is 12.2. The number of unbranched alkanes of at least 4 members (excludes halogenated alkanes) is 3. The molecule has 2 rings (SSSR count). The monoisotopic (exact) mass is 262 g/mol. The van der Waals surface area contributed by atoms with Crippen molar-refractivity contribution in [2.24, 2.45) is 0 Å². The van der Waals surface area contributed by atoms with E-state index in [1.807, 2.05) is 18.2 Å². The van der Waals surface area contributed by atoms with Crippen LogP contribution in [0.2, 0.25) is 0 Å². The Hall–Kier alpha value is -1.38. The Balaban J connectivity index is 2.09. The number of fused-ring (bicyclic) bond motifs is 1. The minimum absolute atomic E-state index is 0.292. The molecule has 0 saturated carbocycles. The number of nitrogens with two attached hydrogens (primary N) is 1. The summed E-state index contributed by atoms with van der Waals surface area (Å²) < 4.78 is 6.00. The fourth-order valence-corrected chi connectivity index (χ4v) is 2.67. The van der Waals surface area contributed by atoms with Gasteiger partial charge in [-0.15, -0.1) is 0 Å². The highest BCUT2D eigenvalue weighted by atomic mass is 16.5. The average molecular weight is 262 g/mol. The van der Waals surface area contributed by atoms with Gasteiger partial charge in [0.05, 0.1) is 12.2 Å². The molecule has 0 radical (unpaired) electrons. The van der Waals surface area contributed by atoms with Gasteiger partial charge in [-0.2, -0.15) is 0 Å². The maximum atomic E-state index is 6.13. The Morgan fingerprint density at radius 3 is 2.84 bits per heavy atom. The zero-order chi connectivity index (χ0) is 13.7. The Bertz CT molecular complexity index is 406. The highest BCUT2D eigenvalue weighted by Crippen LogP contribution is 2.38. The van der Waals surface area contributed by atoms with Crippen molar-refractivity contribution < 1.29 is 4.74 Å². The molecular formula is C16H26N2O. The molecule has 106 valence electrons. The Kier molecular flexibility index (Phi) is 4.94. The molecule has 1 atom stereocenters. The van der Waals surface area contributed by atoms with Crippen molar-refractivity contribution in [3.8, 4) is 5.75 Å². The van der Waals surface area contributed by atoms with E-state index >= 15 is 0 Å². The predicted molar refractivity (Wildman–Crippen MR) is 81.9 cm³/mol. The summed E-state index contributed by atoms with van der Waals surface area (Å²) in [7, 11) is 0. The third kappa shape index (κ3) is 3.34. The Morgan fingerprint density at radius 1 is 1.26 bits per heavy atom. The number of nitrogens with zero attached hydrogens (tertiary/aromatic N) is 1. The molecule has 3 nitrogen and oxygen atoms in total. The fraction of sp³-hybridized carbons (Fsp3) is 0.625. The minimum atomic E-state index is 0.292. The summed E-state index contributed by atoms with van der Waals surface area (Å²) in [4.78, 5) is 2.41. The molecule has 0 spiro atoms. The van der Waals surface area contributed by atoms with Crippen molar-refractivity contribution in [3.63, 3.8) is 0 Å². The minimum Gasteiger partial charge on any atom is -0.486 e. The predicted octanol–water partition coefficient (Wildman–Crippen LogP) is 3.83. The summed E-state index contributed by atoms with van der Waals surface area (Å²) in [6, 6.07) is 5.97. The molecule has 0 bridgehead atoms. The smallest absolute Gasteiger partial charge is 0.145 e. The van der Waals surface area contributed by atoms with Crippen molar-refractivity contribution in [1.82, 2.24) is 0 Å². The second kappa shape index (κ2) is 6.69. The summed E-state index contributed by atoms with van der Waals surface area (Å²) in [5.41, 5.74) is 8.06. The normalized spacial score (nSPS) is 18.0. The first kappa shape index (κ1) is 14.0. The summed E-state index contributed by atoms with van der Waals surface area (Å²) in [6.45, 7) is 6.47. The standard InChI is InChI=1S/C16H26N2O/c1-3-5-6-7-11-18-12-13(4-2)19-15-10-8-9-14(17)16(15)18/h8-10,13H,3-7,11-12,17H2,1-2H3. The second-order valence-electron chi connectivity index (χ2n) is 5.35. The van der Waals surface area contributed by atoms with Crippen LogP contribution in [0.1, 0.15) is 46.0 Å². The van der Waals surface area contributed by atoms with Gasteiger partial charge in [0, 0.05) is 6.54 Å². The summed E-state index contributed by atoms with van der Waals surface area (Å²) in [5, 5.41) is 0. The summed E-state index contributed by atoms with van der Waals surface area (Å²) >= 11 is 0. The van der Waals surface area contributed by atoms with Crippen LogP contribution in [0.5, 0.6) is 5.75 Å². The van der Waals surface area contributed by atoms with E-state index < -0.39 is 0 Å². The van der Waals surface area contributed by atoms with Crippen LogP contribution in [-0.2, 0) is 0 Å². The van der Waals surface area contributed by atoms with Crippen LogP contribution in [0.25, 0.3) is 0 Å². The molecular weight excluding hydrogens is 236 g/mol. The van der Waals surface area contributed by atoms with Gasteiger partial charge in [-0.3, -0.25) is 0 Å². The lowest BCUT2D eigenvalue weighted by Gasteiger charge is -2.36. The number of benzene rings is 1. The van der Waals surface area contributed by atoms with Crippen molar-refractivity contribution in [2.45, 2.75) is 52.1 Å². The van der Waals surface area contributed by atoms with Crippen LogP contribution in [0.4, 0.5) is 11.4 Å². The quantitative estimate of drug-likeness (QED) is 0.625. The molecule has 2 N–H and O–H groups in total. The molecule has 19 heavy (non-hydrogen) atoms. The van der Waals surface area contributed by atoms with E-state index in [1.54, 1.807) is 0 Å². The largest absolute Gasteiger partial charge is 0.486 e. The third-order valence-electron chi connectivity index (χ3n) is 3.80. The molecule has 1 heterocycles. The van der Waals surface area contributed by atoms with Gasteiger partial charge >= 0.3 is 0 Å². The number of rotatable bonds is 6. The lowest BCUT2D eigenvalue weighted by molar-refractivity contribution is 0.189. The molecule has 0 aromatic heterocycles. The molecule has 1 aromatic rings. The number of hydrogen-bond acceptors (Lipinski definition) is 3. The molecule has 3 heteroatoms. The van der Waals surface area contributed by atoms with E-state index in [2.05, 4.69) is 18.7 Å². The van der Waals surface area contributed by atoms with Crippen molar-refractivity contribution in [3.05, 3.63) is 18.2 Å². The van der Waals surface area contributed by atoms with Crippen LogP contribution in [0.15, 0.2) is 18.2 Å². The van der Waals surface area contributed by atoms with E-state index in [0.717, 1.165) is 36.6 Å². The van der Waals surface area contributed by atoms with Crippen molar-refractivity contribution in [1.29, 1.82) is 0 Å². The third-order valence-corrected chi connectivity index (χ3v) is 3.80. The number of ether oxygens (including phenoxy) is 1. The first-order valence-electron chi connectivity index (χ1n) is 7.56. The molecule has 1 aliphatic heterocycles. The Labute approximate surface area is 116 Å². The van der Waals surface area contributed by atoms with E-state index in [0.29, 0.717) is 6.10 Å². The van der Waals surface area contributed by atoms with Crippen molar-refractivity contribution in [2.75, 3.05) is 23.7 Å². The van der Waals surface area contributed by atoms with Gasteiger partial charge in [-0.05, 0) is 25.0 Å². The topological polar surface area (TPSA) is 38.5 Å².